The van der Waals surface area contributed by atoms with Crippen LogP contribution < -0.4 is 0 Å². The molecule has 2 aromatic carbocycles. The first kappa shape index (κ1) is 21.5. The van der Waals surface area contributed by atoms with E-state index in [1.54, 1.807) is 17.8 Å². The van der Waals surface area contributed by atoms with Crippen LogP contribution in [-0.4, -0.2) is 30.9 Å². The third-order valence-electron chi connectivity index (χ3n) is 5.43. The summed E-state index contributed by atoms with van der Waals surface area (Å²) in [6.07, 6.45) is 1.75. The van der Waals surface area contributed by atoms with Crippen molar-refractivity contribution >= 4 is 50.9 Å². The summed E-state index contributed by atoms with van der Waals surface area (Å²) >= 11 is 2.91. The van der Waals surface area contributed by atoms with Crippen LogP contribution in [0.4, 0.5) is 0 Å². The molecule has 164 valence electrons. The monoisotopic (exact) mass is 471 g/mol. The quantitative estimate of drug-likeness (QED) is 0.503. The van der Waals surface area contributed by atoms with Crippen LogP contribution in [0.3, 0.4) is 0 Å². The van der Waals surface area contributed by atoms with Gasteiger partial charge in [0.15, 0.2) is 10.2 Å². The highest BCUT2D eigenvalue weighted by atomic mass is 32.2. The molecule has 0 unspecified atom stereocenters. The van der Waals surface area contributed by atoms with Crippen molar-refractivity contribution < 1.29 is 4.79 Å². The van der Waals surface area contributed by atoms with Crippen LogP contribution in [0.2, 0.25) is 0 Å². The van der Waals surface area contributed by atoms with Crippen molar-refractivity contribution in [1.29, 1.82) is 5.41 Å². The van der Waals surface area contributed by atoms with Gasteiger partial charge in [0.2, 0.25) is 5.17 Å². The van der Waals surface area contributed by atoms with Crippen molar-refractivity contribution in [3.63, 3.8) is 0 Å². The van der Waals surface area contributed by atoms with Gasteiger partial charge in [0.05, 0.1) is 5.57 Å². The van der Waals surface area contributed by atoms with Crippen molar-refractivity contribution in [2.24, 2.45) is 10.1 Å². The molecule has 1 aromatic heterocycles. The number of nitrogens with one attached hydrogen (secondary N) is 1. The number of carbonyl (C=O) groups excluding carboxylic acids is 1. The summed E-state index contributed by atoms with van der Waals surface area (Å²) in [5, 5.41) is 15.1. The van der Waals surface area contributed by atoms with Crippen LogP contribution in [0.25, 0.3) is 11.8 Å². The number of amidine groups is 2. The fraction of sp³-hybridized carbons (Fsp3) is 0.120. The Hall–Kier alpha value is -3.36. The van der Waals surface area contributed by atoms with E-state index in [0.29, 0.717) is 5.17 Å². The Morgan fingerprint density at radius 3 is 2.48 bits per heavy atom. The standard InChI is InChI=1S/C25H21N5OS2/c1-16-13-19(17(2)29(16)20-11-7-4-8-12-20)14-21-22(26)30-24(27-23(21)31)33-25(28-30)32-15-18-9-5-3-6-10-18/h3-14,26H,15H2,1-2H3. The number of benzene rings is 2. The summed E-state index contributed by atoms with van der Waals surface area (Å²) in [5.41, 5.74) is 5.43. The maximum absolute atomic E-state index is 12.8. The molecule has 0 bridgehead atoms. The summed E-state index contributed by atoms with van der Waals surface area (Å²) < 4.78 is 2.92. The third kappa shape index (κ3) is 4.19. The summed E-state index contributed by atoms with van der Waals surface area (Å²) in [6, 6.07) is 22.2. The molecule has 0 spiro atoms. The number of fused-ring (bicyclic) bond motifs is 1. The maximum Gasteiger partial charge on any atom is 0.283 e. The van der Waals surface area contributed by atoms with Crippen molar-refractivity contribution in [2.45, 2.75) is 19.6 Å². The Bertz CT molecular complexity index is 1340. The first-order valence-corrected chi connectivity index (χ1v) is 12.2. The zero-order chi connectivity index (χ0) is 22.9. The number of aryl methyl sites for hydroxylation is 1. The van der Waals surface area contributed by atoms with E-state index in [0.717, 1.165) is 32.8 Å². The number of amides is 1. The Balaban J connectivity index is 1.41. The molecule has 0 radical (unpaired) electrons. The molecule has 2 aliphatic heterocycles. The predicted octanol–water partition coefficient (Wildman–Crippen LogP) is 5.60. The highest BCUT2D eigenvalue weighted by molar-refractivity contribution is 8.45. The molecule has 3 heterocycles. The van der Waals surface area contributed by atoms with Crippen LogP contribution in [0, 0.1) is 19.3 Å². The van der Waals surface area contributed by atoms with Gasteiger partial charge in [0, 0.05) is 22.8 Å². The van der Waals surface area contributed by atoms with Crippen LogP contribution in [0.5, 0.6) is 0 Å². The number of aliphatic imine (C=N–C) groups is 1. The molecule has 0 atom stereocenters. The van der Waals surface area contributed by atoms with Crippen molar-refractivity contribution in [3.05, 3.63) is 94.8 Å². The summed E-state index contributed by atoms with van der Waals surface area (Å²) in [7, 11) is 0. The van der Waals surface area contributed by atoms with Crippen LogP contribution in [0.1, 0.15) is 22.5 Å². The first-order valence-electron chi connectivity index (χ1n) is 10.4. The molecule has 1 amide bonds. The SMILES string of the molecule is Cc1cc(C=C2C(=N)N3N=C(SCc4ccccc4)SC3=NC2=O)c(C)n1-c1ccccc1. The topological polar surface area (TPSA) is 73.8 Å². The predicted molar refractivity (Wildman–Crippen MR) is 138 cm³/mol. The minimum Gasteiger partial charge on any atom is -0.318 e. The number of hydrogen-bond acceptors (Lipinski definition) is 5. The number of para-hydroxylation sites is 1. The summed E-state index contributed by atoms with van der Waals surface area (Å²) in [4.78, 5) is 17.0. The first-order chi connectivity index (χ1) is 16.0. The molecule has 33 heavy (non-hydrogen) atoms. The van der Waals surface area contributed by atoms with E-state index in [9.17, 15) is 4.79 Å². The van der Waals surface area contributed by atoms with E-state index in [1.807, 2.05) is 68.4 Å². The van der Waals surface area contributed by atoms with Crippen LogP contribution >= 0.6 is 23.5 Å². The molecule has 0 saturated heterocycles. The average molecular weight is 472 g/mol. The molecule has 6 nitrogen and oxygen atoms in total. The Kier molecular flexibility index (Phi) is 5.78. The molecular weight excluding hydrogens is 450 g/mol. The third-order valence-corrected chi connectivity index (χ3v) is 7.54. The van der Waals surface area contributed by atoms with Crippen molar-refractivity contribution in [3.8, 4) is 5.69 Å². The van der Waals surface area contributed by atoms with E-state index in [2.05, 4.69) is 26.8 Å². The lowest BCUT2D eigenvalue weighted by Crippen LogP contribution is -2.35. The molecule has 1 N–H and O–H groups in total. The van der Waals surface area contributed by atoms with E-state index in [-0.39, 0.29) is 11.4 Å². The molecule has 3 aromatic rings. The lowest BCUT2D eigenvalue weighted by molar-refractivity contribution is -0.114. The lowest BCUT2D eigenvalue weighted by Gasteiger charge is -2.20. The van der Waals surface area contributed by atoms with Gasteiger partial charge in [-0.05, 0) is 61.0 Å². The average Bonchev–Trinajstić information content (AvgIpc) is 3.36. The fourth-order valence-corrected chi connectivity index (χ4v) is 5.70. The van der Waals surface area contributed by atoms with Gasteiger partial charge in [-0.3, -0.25) is 10.2 Å². The number of hydrazone groups is 1. The minimum absolute atomic E-state index is 0.0531. The van der Waals surface area contributed by atoms with Gasteiger partial charge in [-0.2, -0.15) is 10.0 Å². The Morgan fingerprint density at radius 1 is 1.06 bits per heavy atom. The molecule has 5 rings (SSSR count). The molecule has 2 aliphatic rings. The van der Waals surface area contributed by atoms with Gasteiger partial charge < -0.3 is 4.57 Å². The number of rotatable bonds is 4. The second-order valence-corrected chi connectivity index (χ2v) is 9.84. The summed E-state index contributed by atoms with van der Waals surface area (Å²) in [5.74, 6) is 0.411. The van der Waals surface area contributed by atoms with Gasteiger partial charge in [0.1, 0.15) is 0 Å². The fourth-order valence-electron chi connectivity index (χ4n) is 3.82. The number of carbonyl (C=O) groups is 1. The second-order valence-electron chi connectivity index (χ2n) is 7.66. The van der Waals surface area contributed by atoms with Crippen molar-refractivity contribution in [2.75, 3.05) is 0 Å². The van der Waals surface area contributed by atoms with E-state index in [4.69, 9.17) is 5.41 Å². The largest absolute Gasteiger partial charge is 0.318 e. The number of thioether (sulfide) groups is 2. The molecule has 8 heteroatoms. The zero-order valence-corrected chi connectivity index (χ0v) is 19.8. The molecule has 0 aliphatic carbocycles. The molecule has 0 fully saturated rings. The van der Waals surface area contributed by atoms with Gasteiger partial charge >= 0.3 is 0 Å². The van der Waals surface area contributed by atoms with E-state index >= 15 is 0 Å². The lowest BCUT2D eigenvalue weighted by atomic mass is 10.1. The number of aromatic nitrogens is 1. The zero-order valence-electron chi connectivity index (χ0n) is 18.1. The molecular formula is C25H21N5OS2. The Morgan fingerprint density at radius 2 is 1.76 bits per heavy atom. The van der Waals surface area contributed by atoms with Gasteiger partial charge in [0.25, 0.3) is 5.91 Å². The maximum atomic E-state index is 12.8. The van der Waals surface area contributed by atoms with E-state index < -0.39 is 5.91 Å². The Labute approximate surface area is 200 Å². The number of hydrogen-bond donors (Lipinski definition) is 1. The minimum atomic E-state index is -0.409. The number of nitrogens with zero attached hydrogens (tertiary/aromatic N) is 4. The summed E-state index contributed by atoms with van der Waals surface area (Å²) in [6.45, 7) is 4.05. The van der Waals surface area contributed by atoms with Gasteiger partial charge in [-0.1, -0.05) is 60.3 Å². The second kappa shape index (κ2) is 8.88. The van der Waals surface area contributed by atoms with Gasteiger partial charge in [-0.15, -0.1) is 5.10 Å². The van der Waals surface area contributed by atoms with Gasteiger partial charge in [-0.25, -0.2) is 0 Å². The molecule has 0 saturated carbocycles. The van der Waals surface area contributed by atoms with Crippen molar-refractivity contribution in [1.82, 2.24) is 9.58 Å². The van der Waals surface area contributed by atoms with Crippen LogP contribution in [-0.2, 0) is 10.5 Å². The normalized spacial score (nSPS) is 16.8. The highest BCUT2D eigenvalue weighted by Crippen LogP contribution is 2.34. The highest BCUT2D eigenvalue weighted by Gasteiger charge is 2.36. The van der Waals surface area contributed by atoms with Crippen LogP contribution in [0.15, 0.2) is 82.4 Å². The van der Waals surface area contributed by atoms with E-state index in [1.165, 1.54) is 22.3 Å². The smallest absolute Gasteiger partial charge is 0.283 e.